The fourth-order valence-electron chi connectivity index (χ4n) is 1.73. The summed E-state index contributed by atoms with van der Waals surface area (Å²) in [6.45, 7) is 9.43. The van der Waals surface area contributed by atoms with Crippen LogP contribution in [0.2, 0.25) is 0 Å². The first-order chi connectivity index (χ1) is 4.10. The Labute approximate surface area is 56.4 Å². The predicted octanol–water partition coefficient (Wildman–Crippen LogP) is 0.905. The van der Waals surface area contributed by atoms with Crippen molar-refractivity contribution >= 4 is 0 Å². The van der Waals surface area contributed by atoms with Gasteiger partial charge in [-0.05, 0) is 12.3 Å². The van der Waals surface area contributed by atoms with Gasteiger partial charge in [0, 0.05) is 13.1 Å². The van der Waals surface area contributed by atoms with Crippen LogP contribution in [0.3, 0.4) is 0 Å². The van der Waals surface area contributed by atoms with Gasteiger partial charge in [-0.1, -0.05) is 13.8 Å². The van der Waals surface area contributed by atoms with Gasteiger partial charge in [-0.25, -0.2) is 10.0 Å². The molecule has 2 atom stereocenters. The summed E-state index contributed by atoms with van der Waals surface area (Å²) in [6, 6.07) is 0. The Hall–Kier alpha value is -0.0800. The van der Waals surface area contributed by atoms with Crippen molar-refractivity contribution in [1.82, 2.24) is 10.0 Å². The smallest absolute Gasteiger partial charge is 0.0866 e. The summed E-state index contributed by atoms with van der Waals surface area (Å²) in [5.74, 6) is 0. The number of hydrogen-bond donors (Lipinski definition) is 0. The third-order valence-corrected chi connectivity index (χ3v) is 2.32. The highest BCUT2D eigenvalue weighted by molar-refractivity contribution is 4.95. The lowest BCUT2D eigenvalue weighted by Crippen LogP contribution is -2.23. The van der Waals surface area contributed by atoms with E-state index in [1.165, 1.54) is 13.1 Å². The summed E-state index contributed by atoms with van der Waals surface area (Å²) in [5, 5.41) is 4.86. The van der Waals surface area contributed by atoms with Crippen molar-refractivity contribution in [3.8, 4) is 0 Å². The zero-order chi connectivity index (χ0) is 6.65. The number of rotatable bonds is 0. The molecule has 2 heterocycles. The first kappa shape index (κ1) is 5.69. The molecular formula is C7H14N2. The van der Waals surface area contributed by atoms with Crippen molar-refractivity contribution < 1.29 is 0 Å². The van der Waals surface area contributed by atoms with Crippen LogP contribution in [0.5, 0.6) is 0 Å². The second-order valence-corrected chi connectivity index (χ2v) is 3.99. The van der Waals surface area contributed by atoms with E-state index in [4.69, 9.17) is 0 Å². The second-order valence-electron chi connectivity index (χ2n) is 3.99. The van der Waals surface area contributed by atoms with E-state index in [2.05, 4.69) is 30.8 Å². The van der Waals surface area contributed by atoms with E-state index in [0.717, 1.165) is 6.17 Å². The molecule has 2 aliphatic rings. The molecule has 2 rings (SSSR count). The average molecular weight is 126 g/mol. The lowest BCUT2D eigenvalue weighted by molar-refractivity contribution is 0.346. The maximum absolute atomic E-state index is 2.43. The standard InChI is InChI=1S/C7H14N2/c1-6-8-4-7(2,3)5-9(6)8/h6H,4-5H2,1-3H3. The van der Waals surface area contributed by atoms with Crippen molar-refractivity contribution in [3.05, 3.63) is 0 Å². The van der Waals surface area contributed by atoms with Gasteiger partial charge in [-0.2, -0.15) is 0 Å². The quantitative estimate of drug-likeness (QED) is 0.445. The molecule has 0 aliphatic carbocycles. The van der Waals surface area contributed by atoms with Crippen molar-refractivity contribution in [2.45, 2.75) is 26.9 Å². The summed E-state index contributed by atoms with van der Waals surface area (Å²) in [6.07, 6.45) is 0.748. The molecule has 2 aliphatic heterocycles. The van der Waals surface area contributed by atoms with E-state index >= 15 is 0 Å². The Kier molecular flexibility index (Phi) is 0.837. The Morgan fingerprint density at radius 2 is 1.67 bits per heavy atom. The highest BCUT2D eigenvalue weighted by atomic mass is 15.9. The van der Waals surface area contributed by atoms with Crippen LogP contribution in [0.15, 0.2) is 0 Å². The lowest BCUT2D eigenvalue weighted by Gasteiger charge is -2.17. The molecule has 0 aromatic rings. The van der Waals surface area contributed by atoms with E-state index in [0.29, 0.717) is 5.41 Å². The van der Waals surface area contributed by atoms with Gasteiger partial charge in [0.25, 0.3) is 0 Å². The molecule has 2 heteroatoms. The minimum absolute atomic E-state index is 0.548. The van der Waals surface area contributed by atoms with Crippen LogP contribution in [-0.4, -0.2) is 29.3 Å². The van der Waals surface area contributed by atoms with E-state index in [9.17, 15) is 0 Å². The van der Waals surface area contributed by atoms with Gasteiger partial charge in [-0.3, -0.25) is 0 Å². The molecule has 0 aromatic carbocycles. The van der Waals surface area contributed by atoms with Gasteiger partial charge in [0.05, 0.1) is 6.17 Å². The third kappa shape index (κ3) is 0.700. The van der Waals surface area contributed by atoms with Gasteiger partial charge in [0.15, 0.2) is 0 Å². The monoisotopic (exact) mass is 126 g/mol. The summed E-state index contributed by atoms with van der Waals surface area (Å²) in [7, 11) is 0. The number of hydrogen-bond acceptors (Lipinski definition) is 2. The van der Waals surface area contributed by atoms with Crippen molar-refractivity contribution in [2.24, 2.45) is 5.41 Å². The molecule has 2 nitrogen and oxygen atoms in total. The molecule has 2 unspecified atom stereocenters. The molecule has 0 aromatic heterocycles. The fourth-order valence-corrected chi connectivity index (χ4v) is 1.73. The molecule has 52 valence electrons. The Balaban J connectivity index is 2.04. The predicted molar refractivity (Wildman–Crippen MR) is 36.7 cm³/mol. The Morgan fingerprint density at radius 3 is 2.00 bits per heavy atom. The minimum atomic E-state index is 0.548. The van der Waals surface area contributed by atoms with Crippen molar-refractivity contribution in [1.29, 1.82) is 0 Å². The van der Waals surface area contributed by atoms with Crippen LogP contribution in [-0.2, 0) is 0 Å². The molecule has 2 saturated heterocycles. The van der Waals surface area contributed by atoms with Crippen LogP contribution in [0.4, 0.5) is 0 Å². The van der Waals surface area contributed by atoms with Crippen LogP contribution >= 0.6 is 0 Å². The molecule has 2 fully saturated rings. The van der Waals surface area contributed by atoms with Gasteiger partial charge >= 0.3 is 0 Å². The normalized spacial score (nSPS) is 53.0. The first-order valence-electron chi connectivity index (χ1n) is 3.63. The molecule has 0 bridgehead atoms. The van der Waals surface area contributed by atoms with Crippen LogP contribution in [0.25, 0.3) is 0 Å². The van der Waals surface area contributed by atoms with Crippen LogP contribution in [0.1, 0.15) is 20.8 Å². The molecule has 0 radical (unpaired) electrons. The van der Waals surface area contributed by atoms with Gasteiger partial charge in [0.2, 0.25) is 0 Å². The van der Waals surface area contributed by atoms with Crippen LogP contribution < -0.4 is 0 Å². The Morgan fingerprint density at radius 1 is 1.22 bits per heavy atom. The lowest BCUT2D eigenvalue weighted by atomic mass is 9.94. The summed E-state index contributed by atoms with van der Waals surface area (Å²) in [5.41, 5.74) is 0.548. The van der Waals surface area contributed by atoms with E-state index in [1.807, 2.05) is 0 Å². The maximum Gasteiger partial charge on any atom is 0.0866 e. The van der Waals surface area contributed by atoms with Gasteiger partial charge in [0.1, 0.15) is 0 Å². The van der Waals surface area contributed by atoms with Crippen LogP contribution in [0, 0.1) is 5.41 Å². The number of fused-ring (bicyclic) bond motifs is 1. The molecule has 9 heavy (non-hydrogen) atoms. The fraction of sp³-hybridized carbons (Fsp3) is 1.00. The number of hydrazine groups is 1. The molecule has 0 amide bonds. The SMILES string of the molecule is CC1N2CC(C)(C)CN12. The van der Waals surface area contributed by atoms with E-state index in [-0.39, 0.29) is 0 Å². The maximum atomic E-state index is 2.43. The highest BCUT2D eigenvalue weighted by Gasteiger charge is 2.51. The first-order valence-corrected chi connectivity index (χ1v) is 3.63. The van der Waals surface area contributed by atoms with Crippen molar-refractivity contribution in [3.63, 3.8) is 0 Å². The highest BCUT2D eigenvalue weighted by Crippen LogP contribution is 2.40. The largest absolute Gasteiger partial charge is 0.221 e. The second kappa shape index (κ2) is 1.32. The number of nitrogens with zero attached hydrogens (tertiary/aromatic N) is 2. The van der Waals surface area contributed by atoms with Crippen molar-refractivity contribution in [2.75, 3.05) is 13.1 Å². The zero-order valence-electron chi connectivity index (χ0n) is 6.39. The molecule has 0 spiro atoms. The summed E-state index contributed by atoms with van der Waals surface area (Å²) in [4.78, 5) is 0. The average Bonchev–Trinajstić information content (AvgIpc) is 2.26. The molecular weight excluding hydrogens is 112 g/mol. The molecule has 0 N–H and O–H groups in total. The van der Waals surface area contributed by atoms with E-state index < -0.39 is 0 Å². The molecule has 0 saturated carbocycles. The van der Waals surface area contributed by atoms with Gasteiger partial charge < -0.3 is 0 Å². The topological polar surface area (TPSA) is 6.02 Å². The summed E-state index contributed by atoms with van der Waals surface area (Å²) < 4.78 is 0. The van der Waals surface area contributed by atoms with Gasteiger partial charge in [-0.15, -0.1) is 0 Å². The summed E-state index contributed by atoms with van der Waals surface area (Å²) >= 11 is 0. The van der Waals surface area contributed by atoms with E-state index in [1.54, 1.807) is 0 Å². The minimum Gasteiger partial charge on any atom is -0.221 e. The zero-order valence-corrected chi connectivity index (χ0v) is 6.39. The Bertz CT molecular complexity index is 128. The third-order valence-electron chi connectivity index (χ3n) is 2.32.